The van der Waals surface area contributed by atoms with Crippen LogP contribution in [-0.4, -0.2) is 48.1 Å². The first-order chi connectivity index (χ1) is 21.7. The zero-order valence-corrected chi connectivity index (χ0v) is 25.0. The summed E-state index contributed by atoms with van der Waals surface area (Å²) in [5, 5.41) is 8.85. The molecule has 0 unspecified atom stereocenters. The van der Waals surface area contributed by atoms with Gasteiger partial charge >= 0.3 is 6.03 Å². The highest BCUT2D eigenvalue weighted by atomic mass is 16.6. The van der Waals surface area contributed by atoms with Crippen molar-refractivity contribution in [3.8, 4) is 11.5 Å². The van der Waals surface area contributed by atoms with E-state index in [0.29, 0.717) is 64.8 Å². The van der Waals surface area contributed by atoms with Crippen LogP contribution in [0.1, 0.15) is 27.0 Å². The monoisotopic (exact) mass is 605 g/mol. The zero-order valence-electron chi connectivity index (χ0n) is 25.0. The summed E-state index contributed by atoms with van der Waals surface area (Å²) < 4.78 is 11.2. The summed E-state index contributed by atoms with van der Waals surface area (Å²) in [4.78, 5) is 50.7. The van der Waals surface area contributed by atoms with Crippen molar-refractivity contribution in [1.82, 2.24) is 9.97 Å². The van der Waals surface area contributed by atoms with Crippen LogP contribution in [0.2, 0.25) is 0 Å². The first kappa shape index (κ1) is 29.2. The molecule has 2 aliphatic rings. The van der Waals surface area contributed by atoms with E-state index in [9.17, 15) is 14.4 Å². The fourth-order valence-electron chi connectivity index (χ4n) is 5.07. The number of hydrogen-bond donors (Lipinski definition) is 3. The Morgan fingerprint density at radius 1 is 0.933 bits per heavy atom. The lowest BCUT2D eigenvalue weighted by molar-refractivity contribution is -0.111. The number of nitrogens with zero attached hydrogens (tertiary/aromatic N) is 4. The smallest absolute Gasteiger partial charge is 0.330 e. The molecule has 1 aromatic heterocycles. The Morgan fingerprint density at radius 2 is 1.69 bits per heavy atom. The van der Waals surface area contributed by atoms with Crippen molar-refractivity contribution in [2.24, 2.45) is 0 Å². The molecule has 0 aliphatic carbocycles. The molecule has 3 aromatic carbocycles. The molecule has 0 fully saturated rings. The van der Waals surface area contributed by atoms with Gasteiger partial charge in [0.25, 0.3) is 5.91 Å². The second-order valence-corrected chi connectivity index (χ2v) is 10.6. The normalized spacial score (nSPS) is 13.5. The molecule has 0 atom stereocenters. The lowest BCUT2D eigenvalue weighted by atomic mass is 10.1. The molecule has 4 amide bonds. The maximum absolute atomic E-state index is 13.6. The van der Waals surface area contributed by atoms with E-state index in [1.165, 1.54) is 11.0 Å². The second-order valence-electron chi connectivity index (χ2n) is 10.6. The van der Waals surface area contributed by atoms with Gasteiger partial charge < -0.3 is 25.4 Å². The molecule has 45 heavy (non-hydrogen) atoms. The molecule has 12 nitrogen and oxygen atoms in total. The molecule has 12 heteroatoms. The highest BCUT2D eigenvalue weighted by molar-refractivity contribution is 6.07. The standard InChI is InChI=1S/C33H31N7O5/c1-5-29(41)37-25-15-23(9-6-19(25)2)36-32-34-17-22-18-40(33(43)39(4)30(22)38-32)26-16-24(10-7-20(26)3)35-31(42)21-8-11-27-28(14-21)45-13-12-44-27/h5-11,14-17H,1,12-13,18H2,2-4H3,(H,35,42)(H,37,41)(H,34,36,38). The van der Waals surface area contributed by atoms with Crippen LogP contribution in [0, 0.1) is 13.8 Å². The average Bonchev–Trinajstić information content (AvgIpc) is 3.05. The molecule has 0 bridgehead atoms. The average molecular weight is 606 g/mol. The maximum atomic E-state index is 13.6. The molecule has 2 aliphatic heterocycles. The number of nitrogens with one attached hydrogen (secondary N) is 3. The zero-order chi connectivity index (χ0) is 31.7. The number of aromatic nitrogens is 2. The Kier molecular flexibility index (Phi) is 7.78. The first-order valence-corrected chi connectivity index (χ1v) is 14.2. The van der Waals surface area contributed by atoms with Gasteiger partial charge in [0.1, 0.15) is 19.0 Å². The van der Waals surface area contributed by atoms with Gasteiger partial charge in [-0.05, 0) is 73.5 Å². The van der Waals surface area contributed by atoms with Gasteiger partial charge in [-0.25, -0.2) is 9.78 Å². The van der Waals surface area contributed by atoms with Crippen LogP contribution in [0.15, 0.2) is 73.4 Å². The fourth-order valence-corrected chi connectivity index (χ4v) is 5.07. The molecule has 228 valence electrons. The van der Waals surface area contributed by atoms with E-state index in [1.807, 2.05) is 32.0 Å². The quantitative estimate of drug-likeness (QED) is 0.233. The minimum absolute atomic E-state index is 0.238. The minimum atomic E-state index is -0.313. The number of carbonyl (C=O) groups is 3. The molecule has 0 saturated heterocycles. The van der Waals surface area contributed by atoms with E-state index in [1.54, 1.807) is 54.5 Å². The highest BCUT2D eigenvalue weighted by Gasteiger charge is 2.31. The van der Waals surface area contributed by atoms with Crippen LogP contribution >= 0.6 is 0 Å². The predicted octanol–water partition coefficient (Wildman–Crippen LogP) is 5.56. The van der Waals surface area contributed by atoms with Gasteiger partial charge in [-0.3, -0.25) is 19.4 Å². The van der Waals surface area contributed by atoms with Gasteiger partial charge in [-0.1, -0.05) is 18.7 Å². The van der Waals surface area contributed by atoms with E-state index >= 15 is 0 Å². The topological polar surface area (TPSA) is 138 Å². The predicted molar refractivity (Wildman–Crippen MR) is 172 cm³/mol. The molecule has 4 aromatic rings. The maximum Gasteiger partial charge on any atom is 0.330 e. The van der Waals surface area contributed by atoms with Crippen LogP contribution < -0.4 is 35.2 Å². The van der Waals surface area contributed by atoms with Crippen LogP contribution in [0.5, 0.6) is 11.5 Å². The van der Waals surface area contributed by atoms with Crippen LogP contribution in [0.4, 0.5) is 39.3 Å². The number of benzene rings is 3. The lowest BCUT2D eigenvalue weighted by Gasteiger charge is -2.35. The molecular weight excluding hydrogens is 574 g/mol. The SMILES string of the molecule is C=CC(=O)Nc1cc(Nc2ncc3c(n2)N(C)C(=O)N(c2cc(NC(=O)c4ccc5c(c4)OCCO5)ccc2C)C3)ccc1C. The van der Waals surface area contributed by atoms with Crippen molar-refractivity contribution in [3.05, 3.63) is 95.7 Å². The summed E-state index contributed by atoms with van der Waals surface area (Å²) in [6.07, 6.45) is 2.89. The Labute approximate surface area is 259 Å². The van der Waals surface area contributed by atoms with E-state index in [-0.39, 0.29) is 24.4 Å². The summed E-state index contributed by atoms with van der Waals surface area (Å²) in [6, 6.07) is 15.7. The number of urea groups is 1. The summed E-state index contributed by atoms with van der Waals surface area (Å²) in [5.41, 5.74) is 5.39. The van der Waals surface area contributed by atoms with Gasteiger partial charge in [0.15, 0.2) is 11.5 Å². The van der Waals surface area contributed by atoms with Crippen molar-refractivity contribution in [1.29, 1.82) is 0 Å². The third-order valence-corrected chi connectivity index (χ3v) is 7.50. The third kappa shape index (κ3) is 5.98. The van der Waals surface area contributed by atoms with Gasteiger partial charge in [0.05, 0.1) is 12.2 Å². The van der Waals surface area contributed by atoms with E-state index in [0.717, 1.165) is 16.7 Å². The summed E-state index contributed by atoms with van der Waals surface area (Å²) in [7, 11) is 1.65. The Bertz CT molecular complexity index is 1860. The Hall–Kier alpha value is -5.91. The molecule has 3 heterocycles. The number of anilines is 6. The highest BCUT2D eigenvalue weighted by Crippen LogP contribution is 2.35. The largest absolute Gasteiger partial charge is 0.486 e. The molecule has 0 spiro atoms. The number of ether oxygens (including phenoxy) is 2. The minimum Gasteiger partial charge on any atom is -0.486 e. The third-order valence-electron chi connectivity index (χ3n) is 7.50. The van der Waals surface area contributed by atoms with Gasteiger partial charge in [0, 0.05) is 41.4 Å². The van der Waals surface area contributed by atoms with Crippen LogP contribution in [-0.2, 0) is 11.3 Å². The van der Waals surface area contributed by atoms with Crippen molar-refractivity contribution in [2.45, 2.75) is 20.4 Å². The second kappa shape index (κ2) is 12.0. The van der Waals surface area contributed by atoms with Gasteiger partial charge in [-0.2, -0.15) is 4.98 Å². The molecule has 6 rings (SSSR count). The Morgan fingerprint density at radius 3 is 2.49 bits per heavy atom. The summed E-state index contributed by atoms with van der Waals surface area (Å²) in [5.74, 6) is 1.28. The molecule has 0 saturated carbocycles. The number of aryl methyl sites for hydroxylation is 2. The van der Waals surface area contributed by atoms with E-state index in [2.05, 4.69) is 32.5 Å². The van der Waals surface area contributed by atoms with Crippen molar-refractivity contribution in [3.63, 3.8) is 0 Å². The molecule has 3 N–H and O–H groups in total. The molecule has 0 radical (unpaired) electrons. The Balaban J connectivity index is 1.20. The lowest BCUT2D eigenvalue weighted by Crippen LogP contribution is -2.46. The van der Waals surface area contributed by atoms with E-state index < -0.39 is 0 Å². The number of hydrogen-bond acceptors (Lipinski definition) is 8. The van der Waals surface area contributed by atoms with Crippen LogP contribution in [0.3, 0.4) is 0 Å². The number of carbonyl (C=O) groups excluding carboxylic acids is 3. The number of amides is 4. The van der Waals surface area contributed by atoms with E-state index in [4.69, 9.17) is 9.47 Å². The fraction of sp³-hybridized carbons (Fsp3) is 0.182. The number of rotatable bonds is 7. The van der Waals surface area contributed by atoms with Crippen molar-refractivity contribution >= 4 is 52.4 Å². The number of fused-ring (bicyclic) bond motifs is 2. The van der Waals surface area contributed by atoms with Crippen LogP contribution in [0.25, 0.3) is 0 Å². The molecular formula is C33H31N7O5. The summed E-state index contributed by atoms with van der Waals surface area (Å²) >= 11 is 0. The van der Waals surface area contributed by atoms with Crippen molar-refractivity contribution in [2.75, 3.05) is 46.0 Å². The van der Waals surface area contributed by atoms with Crippen molar-refractivity contribution < 1.29 is 23.9 Å². The first-order valence-electron chi connectivity index (χ1n) is 14.2. The van der Waals surface area contributed by atoms with Gasteiger partial charge in [-0.15, -0.1) is 0 Å². The summed E-state index contributed by atoms with van der Waals surface area (Å²) in [6.45, 7) is 8.41. The van der Waals surface area contributed by atoms with Gasteiger partial charge in [0.2, 0.25) is 11.9 Å².